The molecular weight excluding hydrogens is 336 g/mol. The van der Waals surface area contributed by atoms with Crippen LogP contribution in [0.1, 0.15) is 0 Å². The van der Waals surface area contributed by atoms with Gasteiger partial charge in [0.25, 0.3) is 0 Å². The predicted octanol–water partition coefficient (Wildman–Crippen LogP) is 4.32. The van der Waals surface area contributed by atoms with Crippen molar-refractivity contribution in [3.05, 3.63) is 73.1 Å². The molecule has 0 saturated carbocycles. The molecule has 0 spiro atoms. The Morgan fingerprint density at radius 3 is 2.74 bits per heavy atom. The van der Waals surface area contributed by atoms with Crippen LogP contribution in [0.2, 0.25) is 0 Å². The predicted molar refractivity (Wildman–Crippen MR) is 107 cm³/mol. The van der Waals surface area contributed by atoms with Gasteiger partial charge in [-0.2, -0.15) is 0 Å². The number of nitrogens with zero attached hydrogens (tertiary/aromatic N) is 5. The number of hydrogen-bond donors (Lipinski definition) is 1. The molecule has 0 radical (unpaired) electrons. The summed E-state index contributed by atoms with van der Waals surface area (Å²) in [7, 11) is 1.89. The number of nitrogens with one attached hydrogen (secondary N) is 1. The van der Waals surface area contributed by atoms with Crippen molar-refractivity contribution in [1.82, 2.24) is 25.0 Å². The quantitative estimate of drug-likeness (QED) is 0.524. The van der Waals surface area contributed by atoms with Gasteiger partial charge in [0.05, 0.1) is 22.4 Å². The van der Waals surface area contributed by atoms with Gasteiger partial charge in [0.1, 0.15) is 5.52 Å². The van der Waals surface area contributed by atoms with E-state index in [-0.39, 0.29) is 0 Å². The van der Waals surface area contributed by atoms with Gasteiger partial charge in [-0.15, -0.1) is 5.10 Å². The summed E-state index contributed by atoms with van der Waals surface area (Å²) in [5.74, 6) is 0. The van der Waals surface area contributed by atoms with E-state index in [9.17, 15) is 0 Å². The lowest BCUT2D eigenvalue weighted by atomic mass is 10.1. The molecule has 5 aromatic rings. The first-order valence-electron chi connectivity index (χ1n) is 8.64. The fourth-order valence-electron chi connectivity index (χ4n) is 3.20. The Balaban J connectivity index is 1.65. The van der Waals surface area contributed by atoms with E-state index in [1.54, 1.807) is 10.9 Å². The van der Waals surface area contributed by atoms with Crippen molar-refractivity contribution in [2.75, 3.05) is 5.32 Å². The zero-order valence-electron chi connectivity index (χ0n) is 14.7. The lowest BCUT2D eigenvalue weighted by molar-refractivity contribution is 0.736. The van der Waals surface area contributed by atoms with E-state index in [0.29, 0.717) is 0 Å². The summed E-state index contributed by atoms with van der Waals surface area (Å²) in [6.07, 6.45) is 3.59. The Morgan fingerprint density at radius 1 is 0.926 bits per heavy atom. The van der Waals surface area contributed by atoms with E-state index in [4.69, 9.17) is 4.98 Å². The molecule has 130 valence electrons. The number of anilines is 2. The molecule has 0 fully saturated rings. The molecule has 0 bridgehead atoms. The van der Waals surface area contributed by atoms with Crippen molar-refractivity contribution in [3.63, 3.8) is 0 Å². The minimum absolute atomic E-state index is 0.874. The van der Waals surface area contributed by atoms with Crippen LogP contribution in [0.15, 0.2) is 73.1 Å². The largest absolute Gasteiger partial charge is 0.355 e. The zero-order chi connectivity index (χ0) is 18.2. The smallest absolute Gasteiger partial charge is 0.113 e. The number of benzene rings is 2. The van der Waals surface area contributed by atoms with Crippen molar-refractivity contribution in [2.24, 2.45) is 7.05 Å². The first kappa shape index (κ1) is 15.5. The van der Waals surface area contributed by atoms with E-state index in [2.05, 4.69) is 32.7 Å². The molecule has 0 unspecified atom stereocenters. The van der Waals surface area contributed by atoms with Gasteiger partial charge in [-0.05, 0) is 42.5 Å². The zero-order valence-corrected chi connectivity index (χ0v) is 14.7. The highest BCUT2D eigenvalue weighted by atomic mass is 15.4. The fourth-order valence-corrected chi connectivity index (χ4v) is 3.20. The summed E-state index contributed by atoms with van der Waals surface area (Å²) in [5.41, 5.74) is 6.62. The number of aromatic nitrogens is 5. The second-order valence-electron chi connectivity index (χ2n) is 6.36. The summed E-state index contributed by atoms with van der Waals surface area (Å²) in [4.78, 5) is 9.02. The Kier molecular flexibility index (Phi) is 3.53. The molecule has 0 aliphatic carbocycles. The Labute approximate surface area is 155 Å². The van der Waals surface area contributed by atoms with Crippen molar-refractivity contribution in [2.45, 2.75) is 0 Å². The van der Waals surface area contributed by atoms with Gasteiger partial charge < -0.3 is 5.32 Å². The van der Waals surface area contributed by atoms with Gasteiger partial charge in [0.15, 0.2) is 0 Å². The van der Waals surface area contributed by atoms with Crippen LogP contribution in [0.4, 0.5) is 11.4 Å². The van der Waals surface area contributed by atoms with Crippen LogP contribution >= 0.6 is 0 Å². The van der Waals surface area contributed by atoms with Crippen molar-refractivity contribution < 1.29 is 0 Å². The van der Waals surface area contributed by atoms with Crippen LogP contribution in [-0.2, 0) is 7.05 Å². The third-order valence-corrected chi connectivity index (χ3v) is 4.56. The van der Waals surface area contributed by atoms with Crippen LogP contribution in [0.3, 0.4) is 0 Å². The average Bonchev–Trinajstić information content (AvgIpc) is 3.09. The van der Waals surface area contributed by atoms with Crippen LogP contribution in [0, 0.1) is 0 Å². The molecule has 6 heteroatoms. The molecule has 2 aromatic carbocycles. The summed E-state index contributed by atoms with van der Waals surface area (Å²) >= 11 is 0. The highest BCUT2D eigenvalue weighted by Crippen LogP contribution is 2.30. The van der Waals surface area contributed by atoms with Gasteiger partial charge in [0.2, 0.25) is 0 Å². The molecule has 3 aromatic heterocycles. The molecule has 3 heterocycles. The van der Waals surface area contributed by atoms with Crippen molar-refractivity contribution in [1.29, 1.82) is 0 Å². The lowest BCUT2D eigenvalue weighted by Gasteiger charge is -2.12. The number of aryl methyl sites for hydroxylation is 1. The van der Waals surface area contributed by atoms with E-state index in [0.717, 1.165) is 44.6 Å². The lowest BCUT2D eigenvalue weighted by Crippen LogP contribution is -1.96. The third kappa shape index (κ3) is 2.77. The molecule has 0 aliphatic rings. The summed E-state index contributed by atoms with van der Waals surface area (Å²) in [6, 6.07) is 20.1. The van der Waals surface area contributed by atoms with Crippen molar-refractivity contribution in [3.8, 4) is 11.3 Å². The SMILES string of the molecule is Cn1nnc2ccc(Nc3cc(-c4cccnc4)nc4ccccc34)cc21. The average molecular weight is 352 g/mol. The Bertz CT molecular complexity index is 1260. The third-order valence-electron chi connectivity index (χ3n) is 4.56. The molecule has 0 atom stereocenters. The van der Waals surface area contributed by atoms with Gasteiger partial charge in [0, 0.05) is 36.1 Å². The standard InChI is InChI=1S/C21H16N6/c1-27-21-11-15(8-9-18(21)25-26-27)23-20-12-19(14-5-4-10-22-13-14)24-17-7-3-2-6-16(17)20/h2-13H,1H3,(H,23,24). The highest BCUT2D eigenvalue weighted by molar-refractivity contribution is 5.96. The number of fused-ring (bicyclic) bond motifs is 2. The van der Waals surface area contributed by atoms with E-state index >= 15 is 0 Å². The van der Waals surface area contributed by atoms with E-state index in [1.807, 2.05) is 61.8 Å². The van der Waals surface area contributed by atoms with Crippen LogP contribution < -0.4 is 5.32 Å². The second kappa shape index (κ2) is 6.17. The molecular formula is C21H16N6. The molecule has 0 aliphatic heterocycles. The number of hydrogen-bond acceptors (Lipinski definition) is 5. The maximum absolute atomic E-state index is 4.80. The van der Waals surface area contributed by atoms with Gasteiger partial charge in [-0.25, -0.2) is 9.67 Å². The highest BCUT2D eigenvalue weighted by Gasteiger charge is 2.09. The summed E-state index contributed by atoms with van der Waals surface area (Å²) < 4.78 is 1.77. The molecule has 6 nitrogen and oxygen atoms in total. The van der Waals surface area contributed by atoms with Gasteiger partial charge in [-0.1, -0.05) is 23.4 Å². The molecule has 27 heavy (non-hydrogen) atoms. The Hall–Kier alpha value is -3.80. The first-order valence-corrected chi connectivity index (χ1v) is 8.64. The molecule has 0 amide bonds. The monoisotopic (exact) mass is 352 g/mol. The van der Waals surface area contributed by atoms with Crippen LogP contribution in [0.5, 0.6) is 0 Å². The molecule has 5 rings (SSSR count). The normalized spacial score (nSPS) is 11.1. The number of pyridine rings is 2. The van der Waals surface area contributed by atoms with E-state index in [1.165, 1.54) is 0 Å². The van der Waals surface area contributed by atoms with E-state index < -0.39 is 0 Å². The number of para-hydroxylation sites is 1. The molecule has 0 saturated heterocycles. The van der Waals surface area contributed by atoms with Crippen LogP contribution in [0.25, 0.3) is 33.2 Å². The van der Waals surface area contributed by atoms with Gasteiger partial charge in [-0.3, -0.25) is 4.98 Å². The van der Waals surface area contributed by atoms with Gasteiger partial charge >= 0.3 is 0 Å². The second-order valence-corrected chi connectivity index (χ2v) is 6.36. The molecule has 1 N–H and O–H groups in total. The summed E-state index contributed by atoms with van der Waals surface area (Å²) in [6.45, 7) is 0. The summed E-state index contributed by atoms with van der Waals surface area (Å²) in [5, 5.41) is 12.8. The maximum atomic E-state index is 4.80. The Morgan fingerprint density at radius 2 is 1.85 bits per heavy atom. The number of rotatable bonds is 3. The minimum atomic E-state index is 0.874. The topological polar surface area (TPSA) is 68.5 Å². The van der Waals surface area contributed by atoms with Crippen molar-refractivity contribution >= 4 is 33.3 Å². The minimum Gasteiger partial charge on any atom is -0.355 e. The first-order chi connectivity index (χ1) is 13.3. The fraction of sp³-hybridized carbons (Fsp3) is 0.0476. The maximum Gasteiger partial charge on any atom is 0.113 e. The van der Waals surface area contributed by atoms with Crippen LogP contribution in [-0.4, -0.2) is 25.0 Å².